The first-order valence-electron chi connectivity index (χ1n) is 9.00. The number of ether oxygens (including phenoxy) is 1. The van der Waals surface area contributed by atoms with E-state index in [4.69, 9.17) is 4.74 Å². The van der Waals surface area contributed by atoms with Crippen molar-refractivity contribution in [2.24, 2.45) is 0 Å². The molecule has 10 heteroatoms. The van der Waals surface area contributed by atoms with Gasteiger partial charge in [-0.25, -0.2) is 8.42 Å². The fraction of sp³-hybridized carbons (Fsp3) is 0.250. The second-order valence-electron chi connectivity index (χ2n) is 6.49. The maximum Gasteiger partial charge on any atom is 1.00 e. The number of esters is 1. The third-order valence-electron chi connectivity index (χ3n) is 4.48. The van der Waals surface area contributed by atoms with Gasteiger partial charge in [0, 0.05) is 13.0 Å². The van der Waals surface area contributed by atoms with Gasteiger partial charge < -0.3 is 9.29 Å². The fourth-order valence-electron chi connectivity index (χ4n) is 3.07. The molecular weight excluding hydrogens is 421 g/mol. The molecule has 3 rings (SSSR count). The van der Waals surface area contributed by atoms with Gasteiger partial charge in [-0.15, -0.1) is 0 Å². The third-order valence-corrected chi connectivity index (χ3v) is 5.36. The standard InChI is InChI=1S/C20H19NO7S.Na/c22-18(28-16-10-5-6-11-17(16)29(25,26)27)12-2-1-7-13-21-19(23)14-8-3-4-9-15(14)20(21)24;/h3-6,8-11H,1-2,7,12-13H2,(H,25,26,27);/q;+1/p-1. The van der Waals surface area contributed by atoms with Crippen molar-refractivity contribution in [1.29, 1.82) is 0 Å². The predicted octanol–water partition coefficient (Wildman–Crippen LogP) is -0.643. The zero-order chi connectivity index (χ0) is 21.0. The van der Waals surface area contributed by atoms with Crippen LogP contribution in [-0.4, -0.2) is 42.2 Å². The van der Waals surface area contributed by atoms with E-state index in [1.807, 2.05) is 0 Å². The summed E-state index contributed by atoms with van der Waals surface area (Å²) in [4.78, 5) is 37.0. The van der Waals surface area contributed by atoms with Crippen molar-refractivity contribution in [2.75, 3.05) is 6.54 Å². The molecule has 0 aromatic heterocycles. The van der Waals surface area contributed by atoms with E-state index in [2.05, 4.69) is 0 Å². The topological polar surface area (TPSA) is 121 Å². The van der Waals surface area contributed by atoms with Crippen LogP contribution in [0.5, 0.6) is 5.75 Å². The summed E-state index contributed by atoms with van der Waals surface area (Å²) in [6.07, 6.45) is 1.51. The van der Waals surface area contributed by atoms with Gasteiger partial charge in [-0.1, -0.05) is 30.7 Å². The Balaban J connectivity index is 0.00000320. The van der Waals surface area contributed by atoms with Gasteiger partial charge in [-0.05, 0) is 37.1 Å². The van der Waals surface area contributed by atoms with Crippen LogP contribution in [-0.2, 0) is 14.9 Å². The second-order valence-corrected chi connectivity index (χ2v) is 7.84. The smallest absolute Gasteiger partial charge is 0.744 e. The van der Waals surface area contributed by atoms with Crippen LogP contribution >= 0.6 is 0 Å². The third kappa shape index (κ3) is 5.55. The number of nitrogens with zero attached hydrogens (tertiary/aromatic N) is 1. The minimum absolute atomic E-state index is 0. The van der Waals surface area contributed by atoms with Crippen LogP contribution in [0.15, 0.2) is 53.4 Å². The molecule has 1 heterocycles. The van der Waals surface area contributed by atoms with Gasteiger partial charge in [0.15, 0.2) is 0 Å². The summed E-state index contributed by atoms with van der Waals surface area (Å²) >= 11 is 0. The predicted molar refractivity (Wildman–Crippen MR) is 100 cm³/mol. The number of carbonyl (C=O) groups excluding carboxylic acids is 3. The average Bonchev–Trinajstić information content (AvgIpc) is 2.92. The first kappa shape index (κ1) is 24.2. The Morgan fingerprint density at radius 2 is 1.47 bits per heavy atom. The molecule has 0 spiro atoms. The minimum atomic E-state index is -4.75. The van der Waals surface area contributed by atoms with E-state index in [1.54, 1.807) is 24.3 Å². The molecule has 0 radical (unpaired) electrons. The Hall–Kier alpha value is -2.04. The van der Waals surface area contributed by atoms with Gasteiger partial charge >= 0.3 is 35.5 Å². The maximum absolute atomic E-state index is 12.3. The monoisotopic (exact) mass is 439 g/mol. The molecule has 0 N–H and O–H groups in total. The van der Waals surface area contributed by atoms with Gasteiger partial charge in [0.25, 0.3) is 11.8 Å². The van der Waals surface area contributed by atoms with Crippen molar-refractivity contribution in [3.05, 3.63) is 59.7 Å². The number of unbranched alkanes of at least 4 members (excludes halogenated alkanes) is 2. The Morgan fingerprint density at radius 3 is 2.07 bits per heavy atom. The van der Waals surface area contributed by atoms with Crippen LogP contribution in [0.2, 0.25) is 0 Å². The van der Waals surface area contributed by atoms with Gasteiger partial charge in [-0.3, -0.25) is 19.3 Å². The fourth-order valence-corrected chi connectivity index (χ4v) is 3.67. The van der Waals surface area contributed by atoms with Crippen LogP contribution in [0.4, 0.5) is 0 Å². The van der Waals surface area contributed by atoms with Gasteiger partial charge in [0.1, 0.15) is 15.9 Å². The van der Waals surface area contributed by atoms with Crippen LogP contribution in [0.3, 0.4) is 0 Å². The molecule has 2 aromatic carbocycles. The van der Waals surface area contributed by atoms with Crippen molar-refractivity contribution in [1.82, 2.24) is 4.90 Å². The Bertz CT molecular complexity index is 1030. The number of fused-ring (bicyclic) bond motifs is 1. The number of hydrogen-bond acceptors (Lipinski definition) is 7. The van der Waals surface area contributed by atoms with Gasteiger partial charge in [0.05, 0.1) is 16.0 Å². The van der Waals surface area contributed by atoms with Crippen molar-refractivity contribution < 1.29 is 61.6 Å². The van der Waals surface area contributed by atoms with Crippen LogP contribution in [0.25, 0.3) is 0 Å². The average molecular weight is 439 g/mol. The van der Waals surface area contributed by atoms with E-state index < -0.39 is 21.0 Å². The first-order chi connectivity index (χ1) is 13.8. The SMILES string of the molecule is O=C(CCCCCN1C(=O)c2ccccc2C1=O)Oc1ccccc1S(=O)(=O)[O-].[Na+]. The number of para-hydroxylation sites is 1. The number of amides is 2. The molecule has 2 aromatic rings. The molecule has 0 fully saturated rings. The molecule has 30 heavy (non-hydrogen) atoms. The van der Waals surface area contributed by atoms with Crippen LogP contribution < -0.4 is 34.3 Å². The molecule has 0 unspecified atom stereocenters. The number of carbonyl (C=O) groups is 3. The van der Waals surface area contributed by atoms with E-state index in [9.17, 15) is 27.4 Å². The Morgan fingerprint density at radius 1 is 0.900 bits per heavy atom. The van der Waals surface area contributed by atoms with Crippen molar-refractivity contribution in [3.63, 3.8) is 0 Å². The summed E-state index contributed by atoms with van der Waals surface area (Å²) in [5.74, 6) is -1.60. The molecule has 0 bridgehead atoms. The number of imide groups is 1. The summed E-state index contributed by atoms with van der Waals surface area (Å²) < 4.78 is 38.6. The van der Waals surface area contributed by atoms with Crippen LogP contribution in [0, 0.1) is 0 Å². The number of hydrogen-bond donors (Lipinski definition) is 0. The molecule has 0 saturated carbocycles. The van der Waals surface area contributed by atoms with E-state index in [0.717, 1.165) is 6.07 Å². The van der Waals surface area contributed by atoms with Crippen molar-refractivity contribution in [2.45, 2.75) is 30.6 Å². The molecule has 1 aliphatic heterocycles. The van der Waals surface area contributed by atoms with E-state index in [1.165, 1.54) is 23.1 Å². The molecule has 1 aliphatic rings. The van der Waals surface area contributed by atoms with Gasteiger partial charge in [-0.2, -0.15) is 0 Å². The molecule has 8 nitrogen and oxygen atoms in total. The zero-order valence-corrected chi connectivity index (χ0v) is 19.2. The molecule has 2 amide bonds. The quantitative estimate of drug-likeness (QED) is 0.134. The number of benzene rings is 2. The summed E-state index contributed by atoms with van der Waals surface area (Å²) in [5.41, 5.74) is 0.793. The van der Waals surface area contributed by atoms with E-state index in [0.29, 0.717) is 30.4 Å². The van der Waals surface area contributed by atoms with Crippen LogP contribution in [0.1, 0.15) is 46.4 Å². The summed E-state index contributed by atoms with van der Waals surface area (Å²) in [6, 6.07) is 11.8. The maximum atomic E-state index is 12.3. The normalized spacial score (nSPS) is 13.0. The summed E-state index contributed by atoms with van der Waals surface area (Å²) in [7, 11) is -4.75. The first-order valence-corrected chi connectivity index (χ1v) is 10.4. The van der Waals surface area contributed by atoms with Crippen molar-refractivity contribution in [3.8, 4) is 5.75 Å². The molecule has 0 saturated heterocycles. The molecular formula is C20H18NNaO7S. The van der Waals surface area contributed by atoms with Crippen molar-refractivity contribution >= 4 is 27.9 Å². The van der Waals surface area contributed by atoms with E-state index in [-0.39, 0.29) is 60.1 Å². The van der Waals surface area contributed by atoms with Gasteiger partial charge in [0.2, 0.25) is 0 Å². The Labute approximate surface area is 196 Å². The summed E-state index contributed by atoms with van der Waals surface area (Å²) in [6.45, 7) is 0.249. The molecule has 0 aliphatic carbocycles. The zero-order valence-electron chi connectivity index (χ0n) is 16.4. The number of rotatable bonds is 8. The largest absolute Gasteiger partial charge is 1.00 e. The second kappa shape index (κ2) is 10.3. The molecule has 0 atom stereocenters. The minimum Gasteiger partial charge on any atom is -0.744 e. The Kier molecular flexibility index (Phi) is 8.34. The molecule has 152 valence electrons. The van der Waals surface area contributed by atoms with E-state index >= 15 is 0 Å². The summed E-state index contributed by atoms with van der Waals surface area (Å²) in [5, 5.41) is 0.